The van der Waals surface area contributed by atoms with Crippen molar-refractivity contribution in [2.24, 2.45) is 0 Å². The maximum absolute atomic E-state index is 12.0. The summed E-state index contributed by atoms with van der Waals surface area (Å²) in [5.41, 5.74) is 0. The average molecular weight is 310 g/mol. The first kappa shape index (κ1) is 18.0. The molecule has 0 atom stereocenters. The smallest absolute Gasteiger partial charge is 0.317 e. The van der Waals surface area contributed by atoms with E-state index < -0.39 is 0 Å². The molecule has 1 rings (SSSR count). The fourth-order valence-corrected chi connectivity index (χ4v) is 2.03. The first-order chi connectivity index (χ1) is 10.6. The van der Waals surface area contributed by atoms with E-state index in [-0.39, 0.29) is 18.5 Å². The summed E-state index contributed by atoms with van der Waals surface area (Å²) in [5.74, 6) is 0.704. The molecule has 0 saturated carbocycles. The van der Waals surface area contributed by atoms with E-state index in [1.165, 1.54) is 4.90 Å². The van der Waals surface area contributed by atoms with E-state index in [2.05, 4.69) is 22.7 Å². The zero-order valence-corrected chi connectivity index (χ0v) is 13.6. The number of amides is 3. The standard InChI is InChI=1S/C15H26N4O3/c1-4-6-7-8-9-19(15(21)16-5-2)11-14(20)17-13-10-12(3)22-18-13/h10H,4-9,11H2,1-3H3,(H,16,21)(H,17,18,20). The van der Waals surface area contributed by atoms with Crippen LogP contribution in [-0.2, 0) is 4.79 Å². The number of carbonyl (C=O) groups is 2. The van der Waals surface area contributed by atoms with Crippen molar-refractivity contribution < 1.29 is 14.1 Å². The molecule has 1 heterocycles. The van der Waals surface area contributed by atoms with E-state index in [9.17, 15) is 9.59 Å². The highest BCUT2D eigenvalue weighted by molar-refractivity contribution is 5.93. The van der Waals surface area contributed by atoms with Crippen LogP contribution in [0, 0.1) is 6.92 Å². The Kier molecular flexibility index (Phi) is 8.03. The number of hydrogen-bond acceptors (Lipinski definition) is 4. The first-order valence-corrected chi connectivity index (χ1v) is 7.82. The molecule has 0 aromatic carbocycles. The van der Waals surface area contributed by atoms with Crippen molar-refractivity contribution >= 4 is 17.8 Å². The van der Waals surface area contributed by atoms with Gasteiger partial charge in [-0.1, -0.05) is 31.3 Å². The second kappa shape index (κ2) is 9.81. The number of nitrogens with one attached hydrogen (secondary N) is 2. The third kappa shape index (κ3) is 6.60. The third-order valence-electron chi connectivity index (χ3n) is 3.13. The molecule has 124 valence electrons. The zero-order chi connectivity index (χ0) is 16.4. The largest absolute Gasteiger partial charge is 0.360 e. The lowest BCUT2D eigenvalue weighted by molar-refractivity contribution is -0.116. The molecule has 7 heteroatoms. The van der Waals surface area contributed by atoms with E-state index in [4.69, 9.17) is 4.52 Å². The number of rotatable bonds is 9. The van der Waals surface area contributed by atoms with Crippen LogP contribution in [0.5, 0.6) is 0 Å². The number of unbranched alkanes of at least 4 members (excludes halogenated alkanes) is 3. The van der Waals surface area contributed by atoms with Crippen molar-refractivity contribution in [3.63, 3.8) is 0 Å². The lowest BCUT2D eigenvalue weighted by atomic mass is 10.2. The average Bonchev–Trinajstić information content (AvgIpc) is 2.87. The third-order valence-corrected chi connectivity index (χ3v) is 3.13. The van der Waals surface area contributed by atoms with Gasteiger partial charge in [0, 0.05) is 19.2 Å². The van der Waals surface area contributed by atoms with Gasteiger partial charge in [-0.15, -0.1) is 0 Å². The molecule has 0 bridgehead atoms. The van der Waals surface area contributed by atoms with Crippen LogP contribution < -0.4 is 10.6 Å². The highest BCUT2D eigenvalue weighted by atomic mass is 16.5. The molecule has 0 aliphatic carbocycles. The summed E-state index contributed by atoms with van der Waals surface area (Å²) in [6.07, 6.45) is 4.21. The number of carbonyl (C=O) groups excluding carboxylic acids is 2. The molecule has 3 amide bonds. The Morgan fingerprint density at radius 3 is 2.64 bits per heavy atom. The summed E-state index contributed by atoms with van der Waals surface area (Å²) >= 11 is 0. The summed E-state index contributed by atoms with van der Waals surface area (Å²) in [6.45, 7) is 6.84. The molecule has 0 saturated heterocycles. The van der Waals surface area contributed by atoms with Crippen molar-refractivity contribution in [3.05, 3.63) is 11.8 Å². The molecular weight excluding hydrogens is 284 g/mol. The number of anilines is 1. The van der Waals surface area contributed by atoms with E-state index in [0.29, 0.717) is 24.7 Å². The molecule has 0 aliphatic rings. The quantitative estimate of drug-likeness (QED) is 0.686. The van der Waals surface area contributed by atoms with Gasteiger partial charge in [0.05, 0.1) is 0 Å². The lowest BCUT2D eigenvalue weighted by Gasteiger charge is -2.22. The van der Waals surface area contributed by atoms with Crippen LogP contribution in [0.1, 0.15) is 45.3 Å². The highest BCUT2D eigenvalue weighted by Crippen LogP contribution is 2.07. The molecule has 22 heavy (non-hydrogen) atoms. The van der Waals surface area contributed by atoms with Crippen LogP contribution in [-0.4, -0.2) is 41.6 Å². The minimum atomic E-state index is -0.282. The monoisotopic (exact) mass is 310 g/mol. The van der Waals surface area contributed by atoms with Gasteiger partial charge in [-0.25, -0.2) is 4.79 Å². The van der Waals surface area contributed by atoms with E-state index in [1.807, 2.05) is 6.92 Å². The Morgan fingerprint density at radius 2 is 2.05 bits per heavy atom. The Labute approximate surface area is 131 Å². The molecule has 0 spiro atoms. The van der Waals surface area contributed by atoms with Gasteiger partial charge >= 0.3 is 6.03 Å². The van der Waals surface area contributed by atoms with Gasteiger partial charge < -0.3 is 20.1 Å². The van der Waals surface area contributed by atoms with E-state index in [1.54, 1.807) is 13.0 Å². The van der Waals surface area contributed by atoms with E-state index in [0.717, 1.165) is 25.7 Å². The van der Waals surface area contributed by atoms with Gasteiger partial charge in [-0.2, -0.15) is 0 Å². The summed E-state index contributed by atoms with van der Waals surface area (Å²) < 4.78 is 4.89. The molecule has 1 aromatic heterocycles. The van der Waals surface area contributed by atoms with E-state index >= 15 is 0 Å². The van der Waals surface area contributed by atoms with Crippen molar-refractivity contribution in [3.8, 4) is 0 Å². The Morgan fingerprint density at radius 1 is 1.27 bits per heavy atom. The van der Waals surface area contributed by atoms with Crippen LogP contribution in [0.15, 0.2) is 10.6 Å². The fourth-order valence-electron chi connectivity index (χ4n) is 2.03. The number of urea groups is 1. The highest BCUT2D eigenvalue weighted by Gasteiger charge is 2.17. The van der Waals surface area contributed by atoms with Crippen molar-refractivity contribution in [1.82, 2.24) is 15.4 Å². The fraction of sp³-hybridized carbons (Fsp3) is 0.667. The first-order valence-electron chi connectivity index (χ1n) is 7.82. The normalized spacial score (nSPS) is 10.3. The minimum Gasteiger partial charge on any atom is -0.360 e. The number of aromatic nitrogens is 1. The van der Waals surface area contributed by atoms with Crippen LogP contribution in [0.2, 0.25) is 0 Å². The Hall–Kier alpha value is -2.05. The summed E-state index contributed by atoms with van der Waals surface area (Å²) in [5, 5.41) is 9.06. The summed E-state index contributed by atoms with van der Waals surface area (Å²) in [7, 11) is 0. The van der Waals surface area contributed by atoms with Gasteiger partial charge in [0.25, 0.3) is 0 Å². The van der Waals surface area contributed by atoms with Crippen LogP contribution >= 0.6 is 0 Å². The number of aryl methyl sites for hydroxylation is 1. The number of hydrogen-bond donors (Lipinski definition) is 2. The molecule has 1 aromatic rings. The van der Waals surface area contributed by atoms with Crippen LogP contribution in [0.4, 0.5) is 10.6 Å². The minimum absolute atomic E-state index is 0.00384. The molecule has 0 unspecified atom stereocenters. The summed E-state index contributed by atoms with van der Waals surface area (Å²) in [4.78, 5) is 25.5. The second-order valence-corrected chi connectivity index (χ2v) is 5.19. The molecule has 2 N–H and O–H groups in total. The van der Waals surface area contributed by atoms with Gasteiger partial charge in [-0.3, -0.25) is 4.79 Å². The molecule has 0 fully saturated rings. The second-order valence-electron chi connectivity index (χ2n) is 5.19. The van der Waals surface area contributed by atoms with Gasteiger partial charge in [0.1, 0.15) is 12.3 Å². The SMILES string of the molecule is CCCCCCN(CC(=O)Nc1cc(C)on1)C(=O)NCC. The maximum Gasteiger partial charge on any atom is 0.317 e. The van der Waals surface area contributed by atoms with Crippen molar-refractivity contribution in [2.45, 2.75) is 46.5 Å². The van der Waals surface area contributed by atoms with Crippen LogP contribution in [0.25, 0.3) is 0 Å². The topological polar surface area (TPSA) is 87.5 Å². The molecule has 0 radical (unpaired) electrons. The predicted octanol–water partition coefficient (Wildman–Crippen LogP) is 2.53. The molecular formula is C15H26N4O3. The van der Waals surface area contributed by atoms with Gasteiger partial charge in [0.2, 0.25) is 5.91 Å². The van der Waals surface area contributed by atoms with Gasteiger partial charge in [-0.05, 0) is 20.3 Å². The number of nitrogens with zero attached hydrogens (tertiary/aromatic N) is 2. The van der Waals surface area contributed by atoms with Crippen molar-refractivity contribution in [2.75, 3.05) is 25.0 Å². The van der Waals surface area contributed by atoms with Gasteiger partial charge in [0.15, 0.2) is 5.82 Å². The Balaban J connectivity index is 2.50. The van der Waals surface area contributed by atoms with Crippen molar-refractivity contribution in [1.29, 1.82) is 0 Å². The zero-order valence-electron chi connectivity index (χ0n) is 13.6. The Bertz CT molecular complexity index is 473. The van der Waals surface area contributed by atoms with Crippen LogP contribution in [0.3, 0.4) is 0 Å². The summed E-state index contributed by atoms with van der Waals surface area (Å²) in [6, 6.07) is 1.42. The lowest BCUT2D eigenvalue weighted by Crippen LogP contribution is -2.44. The molecule has 7 nitrogen and oxygen atoms in total. The molecule has 0 aliphatic heterocycles. The predicted molar refractivity (Wildman–Crippen MR) is 84.7 cm³/mol. The maximum atomic E-state index is 12.0.